The minimum atomic E-state index is -0.542. The molecule has 3 rings (SSSR count). The highest BCUT2D eigenvalue weighted by Gasteiger charge is 2.36. The zero-order valence-electron chi connectivity index (χ0n) is 11.8. The number of nitrogens with two attached hydrogens (primary N) is 1. The van der Waals surface area contributed by atoms with E-state index in [9.17, 15) is 4.39 Å². The predicted molar refractivity (Wildman–Crippen MR) is 78.2 cm³/mol. The second-order valence-corrected chi connectivity index (χ2v) is 6.30. The first-order chi connectivity index (χ1) is 9.98. The van der Waals surface area contributed by atoms with Gasteiger partial charge < -0.3 is 10.3 Å². The van der Waals surface area contributed by atoms with Crippen LogP contribution in [0.5, 0.6) is 0 Å². The van der Waals surface area contributed by atoms with Crippen molar-refractivity contribution in [3.63, 3.8) is 0 Å². The Morgan fingerprint density at radius 1 is 1.38 bits per heavy atom. The van der Waals surface area contributed by atoms with Crippen LogP contribution in [0, 0.1) is 11.7 Å². The number of rotatable bonds is 2. The topological polar surface area (TPSA) is 64.9 Å². The minimum Gasteiger partial charge on any atom is -0.334 e. The Hall–Kier alpha value is -1.46. The summed E-state index contributed by atoms with van der Waals surface area (Å²) >= 11 is 5.67. The van der Waals surface area contributed by atoms with Crippen LogP contribution in [0.2, 0.25) is 5.02 Å². The second kappa shape index (κ2) is 5.39. The van der Waals surface area contributed by atoms with Gasteiger partial charge >= 0.3 is 0 Å². The van der Waals surface area contributed by atoms with Crippen LogP contribution in [0.15, 0.2) is 22.7 Å². The van der Waals surface area contributed by atoms with Crippen LogP contribution < -0.4 is 5.73 Å². The molecule has 112 valence electrons. The Labute approximate surface area is 127 Å². The van der Waals surface area contributed by atoms with E-state index >= 15 is 0 Å². The lowest BCUT2D eigenvalue weighted by Gasteiger charge is -2.33. The summed E-state index contributed by atoms with van der Waals surface area (Å²) in [4.78, 5) is 4.36. The molecule has 6 heteroatoms. The second-order valence-electron chi connectivity index (χ2n) is 5.89. The molecule has 4 nitrogen and oxygen atoms in total. The van der Waals surface area contributed by atoms with Gasteiger partial charge in [-0.3, -0.25) is 0 Å². The summed E-state index contributed by atoms with van der Waals surface area (Å²) in [5.74, 6) is 0.935. The zero-order valence-corrected chi connectivity index (χ0v) is 12.5. The van der Waals surface area contributed by atoms with E-state index in [2.05, 4.69) is 17.1 Å². The monoisotopic (exact) mass is 309 g/mol. The van der Waals surface area contributed by atoms with Crippen molar-refractivity contribution in [2.75, 3.05) is 0 Å². The molecule has 1 aromatic carbocycles. The molecule has 0 amide bonds. The summed E-state index contributed by atoms with van der Waals surface area (Å²) in [6, 6.07) is 4.40. The number of hydrogen-bond donors (Lipinski definition) is 1. The Balaban J connectivity index is 1.87. The molecule has 2 aromatic rings. The van der Waals surface area contributed by atoms with Crippen LogP contribution in [0.1, 0.15) is 38.4 Å². The highest BCUT2D eigenvalue weighted by molar-refractivity contribution is 6.30. The van der Waals surface area contributed by atoms with Crippen molar-refractivity contribution in [2.45, 2.75) is 38.1 Å². The molecule has 1 saturated carbocycles. The van der Waals surface area contributed by atoms with Crippen molar-refractivity contribution in [3.8, 4) is 11.5 Å². The van der Waals surface area contributed by atoms with Gasteiger partial charge in [-0.25, -0.2) is 4.39 Å². The molecule has 0 saturated heterocycles. The molecule has 0 radical (unpaired) electrons. The zero-order chi connectivity index (χ0) is 15.0. The van der Waals surface area contributed by atoms with E-state index in [1.54, 1.807) is 6.07 Å². The van der Waals surface area contributed by atoms with Gasteiger partial charge in [0.1, 0.15) is 5.82 Å². The van der Waals surface area contributed by atoms with Crippen LogP contribution in [-0.4, -0.2) is 10.1 Å². The SMILES string of the molecule is CC1CCC(N)(c2noc(-c3ccc(Cl)c(F)c3)n2)CC1. The highest BCUT2D eigenvalue weighted by Crippen LogP contribution is 2.36. The fourth-order valence-electron chi connectivity index (χ4n) is 2.67. The maximum atomic E-state index is 13.5. The molecule has 21 heavy (non-hydrogen) atoms. The third-order valence-electron chi connectivity index (χ3n) is 4.20. The lowest BCUT2D eigenvalue weighted by Crippen LogP contribution is -2.41. The average molecular weight is 310 g/mol. The summed E-state index contributed by atoms with van der Waals surface area (Å²) in [7, 11) is 0. The van der Waals surface area contributed by atoms with E-state index in [-0.39, 0.29) is 10.9 Å². The number of aromatic nitrogens is 2. The molecule has 2 N–H and O–H groups in total. The fourth-order valence-corrected chi connectivity index (χ4v) is 2.79. The number of nitrogens with zero attached hydrogens (tertiary/aromatic N) is 2. The highest BCUT2D eigenvalue weighted by atomic mass is 35.5. The third-order valence-corrected chi connectivity index (χ3v) is 4.51. The summed E-state index contributed by atoms with van der Waals surface area (Å²) in [6.07, 6.45) is 3.77. The van der Waals surface area contributed by atoms with Crippen molar-refractivity contribution in [1.82, 2.24) is 10.1 Å². The molecule has 1 aliphatic carbocycles. The molecular formula is C15H17ClFN3O. The largest absolute Gasteiger partial charge is 0.334 e. The lowest BCUT2D eigenvalue weighted by molar-refractivity contribution is 0.230. The number of halogens is 2. The van der Waals surface area contributed by atoms with Gasteiger partial charge in [-0.1, -0.05) is 23.7 Å². The lowest BCUT2D eigenvalue weighted by atomic mass is 9.77. The van der Waals surface area contributed by atoms with Gasteiger partial charge in [0.05, 0.1) is 10.6 Å². The Bertz CT molecular complexity index is 650. The summed E-state index contributed by atoms with van der Waals surface area (Å²) in [6.45, 7) is 2.22. The van der Waals surface area contributed by atoms with E-state index < -0.39 is 11.4 Å². The van der Waals surface area contributed by atoms with Gasteiger partial charge in [-0.15, -0.1) is 0 Å². The van der Waals surface area contributed by atoms with E-state index in [0.29, 0.717) is 17.3 Å². The summed E-state index contributed by atoms with van der Waals surface area (Å²) in [5.41, 5.74) is 6.37. The molecule has 1 fully saturated rings. The van der Waals surface area contributed by atoms with Gasteiger partial charge in [0.15, 0.2) is 5.82 Å². The standard InChI is InChI=1S/C15H17ClFN3O/c1-9-4-6-15(18,7-5-9)14-19-13(21-20-14)10-2-3-11(16)12(17)8-10/h2-3,8-9H,4-7,18H2,1H3. The molecule has 0 atom stereocenters. The Morgan fingerprint density at radius 3 is 2.76 bits per heavy atom. The molecule has 1 aliphatic rings. The first-order valence-electron chi connectivity index (χ1n) is 7.06. The van der Waals surface area contributed by atoms with Crippen LogP contribution in [-0.2, 0) is 5.54 Å². The molecule has 1 heterocycles. The Morgan fingerprint density at radius 2 is 2.10 bits per heavy atom. The third kappa shape index (κ3) is 2.80. The molecular weight excluding hydrogens is 293 g/mol. The molecule has 0 aliphatic heterocycles. The van der Waals surface area contributed by atoms with Crippen molar-refractivity contribution in [3.05, 3.63) is 34.9 Å². The van der Waals surface area contributed by atoms with Crippen LogP contribution in [0.3, 0.4) is 0 Å². The van der Waals surface area contributed by atoms with Crippen LogP contribution in [0.4, 0.5) is 4.39 Å². The summed E-state index contributed by atoms with van der Waals surface area (Å²) < 4.78 is 18.7. The summed E-state index contributed by atoms with van der Waals surface area (Å²) in [5, 5.41) is 4.06. The van der Waals surface area contributed by atoms with E-state index in [1.165, 1.54) is 12.1 Å². The first-order valence-corrected chi connectivity index (χ1v) is 7.44. The predicted octanol–water partition coefficient (Wildman–Crippen LogP) is 3.89. The van der Waals surface area contributed by atoms with E-state index in [1.807, 2.05) is 0 Å². The number of benzene rings is 1. The maximum Gasteiger partial charge on any atom is 0.258 e. The van der Waals surface area contributed by atoms with Gasteiger partial charge in [-0.2, -0.15) is 4.98 Å². The number of hydrogen-bond acceptors (Lipinski definition) is 4. The van der Waals surface area contributed by atoms with E-state index in [4.69, 9.17) is 21.9 Å². The quantitative estimate of drug-likeness (QED) is 0.914. The molecule has 0 spiro atoms. The normalized spacial score (nSPS) is 26.0. The fraction of sp³-hybridized carbons (Fsp3) is 0.467. The smallest absolute Gasteiger partial charge is 0.258 e. The molecule has 1 aromatic heterocycles. The molecule has 0 unspecified atom stereocenters. The molecule has 0 bridgehead atoms. The van der Waals surface area contributed by atoms with Crippen molar-refractivity contribution < 1.29 is 8.91 Å². The minimum absolute atomic E-state index is 0.0649. The van der Waals surface area contributed by atoms with Crippen LogP contribution in [0.25, 0.3) is 11.5 Å². The van der Waals surface area contributed by atoms with E-state index in [0.717, 1.165) is 25.7 Å². The maximum absolute atomic E-state index is 13.5. The Kier molecular flexibility index (Phi) is 3.71. The van der Waals surface area contributed by atoms with Gasteiger partial charge in [0.2, 0.25) is 0 Å². The first kappa shape index (κ1) is 14.5. The van der Waals surface area contributed by atoms with Crippen LogP contribution >= 0.6 is 11.6 Å². The average Bonchev–Trinajstić information content (AvgIpc) is 2.96. The van der Waals surface area contributed by atoms with Gasteiger partial charge in [0, 0.05) is 5.56 Å². The van der Waals surface area contributed by atoms with Crippen molar-refractivity contribution in [1.29, 1.82) is 0 Å². The van der Waals surface area contributed by atoms with Gasteiger partial charge in [-0.05, 0) is 49.8 Å². The van der Waals surface area contributed by atoms with Crippen molar-refractivity contribution >= 4 is 11.6 Å². The van der Waals surface area contributed by atoms with Gasteiger partial charge in [0.25, 0.3) is 5.89 Å². The van der Waals surface area contributed by atoms with Crippen molar-refractivity contribution in [2.24, 2.45) is 11.7 Å².